The molecule has 0 saturated heterocycles. The van der Waals surface area contributed by atoms with Crippen LogP contribution in [-0.4, -0.2) is 24.0 Å². The fraction of sp³-hybridized carbons (Fsp3) is 0.571. The second-order valence-corrected chi connectivity index (χ2v) is 5.27. The van der Waals surface area contributed by atoms with Gasteiger partial charge in [-0.15, -0.1) is 0 Å². The fourth-order valence-corrected chi connectivity index (χ4v) is 1.48. The monoisotopic (exact) mass is 267 g/mol. The van der Waals surface area contributed by atoms with Gasteiger partial charge < -0.3 is 14.5 Å². The lowest BCUT2D eigenvalue weighted by Crippen LogP contribution is -2.28. The number of ether oxygens (including phenoxy) is 1. The van der Waals surface area contributed by atoms with Crippen molar-refractivity contribution in [2.75, 3.05) is 6.54 Å². The molecule has 5 heteroatoms. The first-order chi connectivity index (χ1) is 8.87. The Bertz CT molecular complexity index is 404. The SMILES string of the molecule is CC(C)(C)OC(=O)CCC(=O)NCCc1ccco1. The average Bonchev–Trinajstić information content (AvgIpc) is 2.77. The molecule has 0 radical (unpaired) electrons. The zero-order valence-corrected chi connectivity index (χ0v) is 11.7. The first kappa shape index (κ1) is 15.3. The normalized spacial score (nSPS) is 11.1. The molecule has 0 saturated carbocycles. The van der Waals surface area contributed by atoms with Crippen molar-refractivity contribution in [3.05, 3.63) is 24.2 Å². The van der Waals surface area contributed by atoms with Gasteiger partial charge in [0.15, 0.2) is 0 Å². The highest BCUT2D eigenvalue weighted by Gasteiger charge is 2.16. The third kappa shape index (κ3) is 7.28. The van der Waals surface area contributed by atoms with Gasteiger partial charge in [-0.2, -0.15) is 0 Å². The highest BCUT2D eigenvalue weighted by Crippen LogP contribution is 2.09. The molecular formula is C14H21NO4. The van der Waals surface area contributed by atoms with Gasteiger partial charge in [-0.3, -0.25) is 9.59 Å². The number of esters is 1. The zero-order valence-electron chi connectivity index (χ0n) is 11.7. The quantitative estimate of drug-likeness (QED) is 0.801. The van der Waals surface area contributed by atoms with E-state index in [1.54, 1.807) is 33.1 Å². The number of hydrogen-bond acceptors (Lipinski definition) is 4. The molecule has 0 unspecified atom stereocenters. The summed E-state index contributed by atoms with van der Waals surface area (Å²) >= 11 is 0. The van der Waals surface area contributed by atoms with Crippen LogP contribution >= 0.6 is 0 Å². The Morgan fingerprint density at radius 2 is 2.05 bits per heavy atom. The van der Waals surface area contributed by atoms with Crippen molar-refractivity contribution >= 4 is 11.9 Å². The third-order valence-corrected chi connectivity index (χ3v) is 2.25. The topological polar surface area (TPSA) is 68.5 Å². The van der Waals surface area contributed by atoms with E-state index in [1.165, 1.54) is 0 Å². The van der Waals surface area contributed by atoms with Crippen LogP contribution in [0, 0.1) is 0 Å². The molecule has 0 aliphatic carbocycles. The summed E-state index contributed by atoms with van der Waals surface area (Å²) in [7, 11) is 0. The molecule has 0 bridgehead atoms. The van der Waals surface area contributed by atoms with E-state index in [0.29, 0.717) is 13.0 Å². The van der Waals surface area contributed by atoms with E-state index in [2.05, 4.69) is 5.32 Å². The molecule has 0 fully saturated rings. The summed E-state index contributed by atoms with van der Waals surface area (Å²) in [4.78, 5) is 22.9. The molecule has 0 aliphatic heterocycles. The maximum absolute atomic E-state index is 11.5. The van der Waals surface area contributed by atoms with Crippen molar-refractivity contribution in [1.29, 1.82) is 0 Å². The van der Waals surface area contributed by atoms with Crippen LogP contribution in [0.25, 0.3) is 0 Å². The van der Waals surface area contributed by atoms with Gasteiger partial charge in [-0.05, 0) is 32.9 Å². The Kier molecular flexibility index (Phi) is 5.60. The van der Waals surface area contributed by atoms with E-state index in [1.807, 2.05) is 6.07 Å². The van der Waals surface area contributed by atoms with Crippen molar-refractivity contribution in [1.82, 2.24) is 5.32 Å². The molecule has 0 atom stereocenters. The lowest BCUT2D eigenvalue weighted by Gasteiger charge is -2.19. The van der Waals surface area contributed by atoms with Crippen molar-refractivity contribution in [3.63, 3.8) is 0 Å². The molecule has 1 N–H and O–H groups in total. The third-order valence-electron chi connectivity index (χ3n) is 2.25. The Labute approximate surface area is 113 Å². The second kappa shape index (κ2) is 6.97. The number of hydrogen-bond donors (Lipinski definition) is 1. The number of furan rings is 1. The predicted octanol–water partition coefficient (Wildman–Crippen LogP) is 2.06. The zero-order chi connectivity index (χ0) is 14.3. The van der Waals surface area contributed by atoms with Gasteiger partial charge in [0.2, 0.25) is 5.91 Å². The van der Waals surface area contributed by atoms with E-state index < -0.39 is 5.60 Å². The molecule has 0 aromatic carbocycles. The summed E-state index contributed by atoms with van der Waals surface area (Å²) in [6.07, 6.45) is 2.49. The molecule has 19 heavy (non-hydrogen) atoms. The first-order valence-corrected chi connectivity index (χ1v) is 6.38. The molecule has 106 valence electrons. The summed E-state index contributed by atoms with van der Waals surface area (Å²) in [6.45, 7) is 5.90. The summed E-state index contributed by atoms with van der Waals surface area (Å²) in [6, 6.07) is 3.66. The molecule has 1 aromatic rings. The summed E-state index contributed by atoms with van der Waals surface area (Å²) in [5, 5.41) is 2.73. The molecule has 1 heterocycles. The molecule has 0 spiro atoms. The molecule has 5 nitrogen and oxygen atoms in total. The maximum Gasteiger partial charge on any atom is 0.306 e. The van der Waals surface area contributed by atoms with Crippen LogP contribution < -0.4 is 5.32 Å². The minimum atomic E-state index is -0.507. The van der Waals surface area contributed by atoms with Crippen molar-refractivity contribution in [2.45, 2.75) is 45.6 Å². The van der Waals surface area contributed by atoms with Gasteiger partial charge in [0.05, 0.1) is 12.7 Å². The number of amides is 1. The Morgan fingerprint density at radius 1 is 1.32 bits per heavy atom. The predicted molar refractivity (Wildman–Crippen MR) is 70.5 cm³/mol. The summed E-state index contributed by atoms with van der Waals surface area (Å²) in [5.74, 6) is 0.318. The lowest BCUT2D eigenvalue weighted by molar-refractivity contribution is -0.155. The molecular weight excluding hydrogens is 246 g/mol. The Hall–Kier alpha value is -1.78. The van der Waals surface area contributed by atoms with Gasteiger partial charge in [-0.1, -0.05) is 0 Å². The Balaban J connectivity index is 2.12. The maximum atomic E-state index is 11.5. The van der Waals surface area contributed by atoms with Crippen LogP contribution in [0.15, 0.2) is 22.8 Å². The number of carbonyl (C=O) groups excluding carboxylic acids is 2. The van der Waals surface area contributed by atoms with Crippen LogP contribution in [0.2, 0.25) is 0 Å². The number of carbonyl (C=O) groups is 2. The van der Waals surface area contributed by atoms with Crippen LogP contribution in [-0.2, 0) is 20.7 Å². The van der Waals surface area contributed by atoms with Gasteiger partial charge in [0.25, 0.3) is 0 Å². The smallest absolute Gasteiger partial charge is 0.306 e. The highest BCUT2D eigenvalue weighted by atomic mass is 16.6. The first-order valence-electron chi connectivity index (χ1n) is 6.38. The van der Waals surface area contributed by atoms with Crippen LogP contribution in [0.4, 0.5) is 0 Å². The summed E-state index contributed by atoms with van der Waals surface area (Å²) in [5.41, 5.74) is -0.507. The van der Waals surface area contributed by atoms with Crippen LogP contribution in [0.1, 0.15) is 39.4 Å². The number of nitrogens with one attached hydrogen (secondary N) is 1. The molecule has 1 aromatic heterocycles. The number of rotatable bonds is 6. The van der Waals surface area contributed by atoms with Crippen LogP contribution in [0.5, 0.6) is 0 Å². The van der Waals surface area contributed by atoms with Gasteiger partial charge in [0, 0.05) is 19.4 Å². The van der Waals surface area contributed by atoms with E-state index in [0.717, 1.165) is 5.76 Å². The van der Waals surface area contributed by atoms with Gasteiger partial charge in [-0.25, -0.2) is 0 Å². The van der Waals surface area contributed by atoms with Crippen LogP contribution in [0.3, 0.4) is 0 Å². The van der Waals surface area contributed by atoms with Crippen molar-refractivity contribution < 1.29 is 18.7 Å². The van der Waals surface area contributed by atoms with E-state index >= 15 is 0 Å². The largest absolute Gasteiger partial charge is 0.469 e. The minimum Gasteiger partial charge on any atom is -0.469 e. The van der Waals surface area contributed by atoms with E-state index in [4.69, 9.17) is 9.15 Å². The van der Waals surface area contributed by atoms with Gasteiger partial charge >= 0.3 is 5.97 Å². The standard InChI is InChI=1S/C14H21NO4/c1-14(2,3)19-13(17)7-6-12(16)15-9-8-11-5-4-10-18-11/h4-5,10H,6-9H2,1-3H3,(H,15,16). The summed E-state index contributed by atoms with van der Waals surface area (Å²) < 4.78 is 10.3. The van der Waals surface area contributed by atoms with E-state index in [9.17, 15) is 9.59 Å². The lowest BCUT2D eigenvalue weighted by atomic mass is 10.2. The Morgan fingerprint density at radius 3 is 2.63 bits per heavy atom. The molecule has 1 amide bonds. The molecule has 1 rings (SSSR count). The highest BCUT2D eigenvalue weighted by molar-refractivity contribution is 5.81. The van der Waals surface area contributed by atoms with E-state index in [-0.39, 0.29) is 24.7 Å². The molecule has 0 aliphatic rings. The second-order valence-electron chi connectivity index (χ2n) is 5.27. The van der Waals surface area contributed by atoms with Crippen molar-refractivity contribution in [3.8, 4) is 0 Å². The van der Waals surface area contributed by atoms with Crippen molar-refractivity contribution in [2.24, 2.45) is 0 Å². The fourth-order valence-electron chi connectivity index (χ4n) is 1.48. The van der Waals surface area contributed by atoms with Gasteiger partial charge in [0.1, 0.15) is 11.4 Å². The average molecular weight is 267 g/mol. The minimum absolute atomic E-state index is 0.101.